The average Bonchev–Trinajstić information content (AvgIpc) is 3.49. The quantitative estimate of drug-likeness (QED) is 0.367. The second kappa shape index (κ2) is 10.6. The molecule has 0 atom stereocenters. The molecule has 2 heterocycles. The highest BCUT2D eigenvalue weighted by Crippen LogP contribution is 2.25. The van der Waals surface area contributed by atoms with Gasteiger partial charge in [0.25, 0.3) is 5.91 Å². The van der Waals surface area contributed by atoms with Crippen molar-refractivity contribution >= 4 is 53.1 Å². The van der Waals surface area contributed by atoms with E-state index in [0.29, 0.717) is 5.56 Å². The molecule has 1 aliphatic rings. The number of amides is 1. The number of hydrogen-bond acceptors (Lipinski definition) is 4. The molecule has 0 unspecified atom stereocenters. The number of hydrogen-bond donors (Lipinski definition) is 2. The van der Waals surface area contributed by atoms with Gasteiger partial charge in [-0.15, -0.1) is 24.8 Å². The van der Waals surface area contributed by atoms with E-state index in [1.54, 1.807) is 7.11 Å². The van der Waals surface area contributed by atoms with Crippen molar-refractivity contribution in [3.8, 4) is 17.1 Å². The second-order valence-corrected chi connectivity index (χ2v) is 7.74. The van der Waals surface area contributed by atoms with Crippen molar-refractivity contribution in [1.29, 1.82) is 0 Å². The average molecular weight is 485 g/mol. The van der Waals surface area contributed by atoms with Crippen LogP contribution < -0.4 is 15.0 Å². The van der Waals surface area contributed by atoms with Crippen LogP contribution in [0.1, 0.15) is 23.2 Å². The summed E-state index contributed by atoms with van der Waals surface area (Å²) in [6.45, 7) is 2.18. The molecule has 0 radical (unpaired) electrons. The first-order chi connectivity index (χ1) is 15.2. The van der Waals surface area contributed by atoms with Gasteiger partial charge in [-0.3, -0.25) is 4.79 Å². The van der Waals surface area contributed by atoms with E-state index in [9.17, 15) is 4.79 Å². The van der Waals surface area contributed by atoms with Gasteiger partial charge in [-0.1, -0.05) is 0 Å². The molecule has 0 bridgehead atoms. The van der Waals surface area contributed by atoms with Gasteiger partial charge in [-0.2, -0.15) is 0 Å². The lowest BCUT2D eigenvalue weighted by Gasteiger charge is -2.17. The van der Waals surface area contributed by atoms with Crippen molar-refractivity contribution < 1.29 is 9.53 Å². The molecule has 1 aromatic heterocycles. The van der Waals surface area contributed by atoms with Crippen molar-refractivity contribution in [3.63, 3.8) is 0 Å². The Labute approximate surface area is 205 Å². The van der Waals surface area contributed by atoms with Crippen LogP contribution >= 0.6 is 24.8 Å². The molecular formula is C25H26Cl2N4O2. The van der Waals surface area contributed by atoms with Crippen LogP contribution in [0.4, 0.5) is 11.4 Å². The summed E-state index contributed by atoms with van der Waals surface area (Å²) >= 11 is 0. The molecule has 33 heavy (non-hydrogen) atoms. The Balaban J connectivity index is 0.00000153. The highest BCUT2D eigenvalue weighted by atomic mass is 35.5. The first-order valence-electron chi connectivity index (χ1n) is 10.5. The number of carbonyl (C=O) groups excluding carboxylic acids is 1. The summed E-state index contributed by atoms with van der Waals surface area (Å²) in [7, 11) is 1.65. The topological polar surface area (TPSA) is 70.2 Å². The lowest BCUT2D eigenvalue weighted by atomic mass is 10.1. The third kappa shape index (κ3) is 5.24. The molecule has 3 aromatic carbocycles. The molecule has 6 nitrogen and oxygen atoms in total. The number of ether oxygens (including phenoxy) is 1. The summed E-state index contributed by atoms with van der Waals surface area (Å²) in [6, 6.07) is 21.3. The standard InChI is InChI=1S/C25H24N4O2.2ClH/c1-31-21-11-6-17(7-12-21)24-27-22-13-8-19(16-23(22)28-24)26-25(30)18-4-9-20(10-5-18)29-14-2-3-15-29;;/h4-13,16H,2-3,14-15H2,1H3,(H,26,30)(H,27,28);2*1H. The van der Waals surface area contributed by atoms with E-state index in [1.807, 2.05) is 66.7 Å². The number of halogens is 2. The fourth-order valence-corrected chi connectivity index (χ4v) is 3.98. The maximum Gasteiger partial charge on any atom is 0.255 e. The minimum Gasteiger partial charge on any atom is -0.497 e. The van der Waals surface area contributed by atoms with Crippen LogP contribution in [0, 0.1) is 0 Å². The van der Waals surface area contributed by atoms with Gasteiger partial charge in [0.1, 0.15) is 11.6 Å². The zero-order valence-corrected chi connectivity index (χ0v) is 19.8. The zero-order valence-electron chi connectivity index (χ0n) is 18.2. The summed E-state index contributed by atoms with van der Waals surface area (Å²) in [5.74, 6) is 1.46. The van der Waals surface area contributed by atoms with E-state index in [2.05, 4.69) is 20.2 Å². The number of rotatable bonds is 5. The van der Waals surface area contributed by atoms with E-state index >= 15 is 0 Å². The lowest BCUT2D eigenvalue weighted by molar-refractivity contribution is 0.102. The fourth-order valence-electron chi connectivity index (χ4n) is 3.98. The highest BCUT2D eigenvalue weighted by molar-refractivity contribution is 6.05. The van der Waals surface area contributed by atoms with Gasteiger partial charge >= 0.3 is 0 Å². The van der Waals surface area contributed by atoms with Crippen molar-refractivity contribution in [1.82, 2.24) is 9.97 Å². The predicted molar refractivity (Wildman–Crippen MR) is 138 cm³/mol. The number of carbonyl (C=O) groups is 1. The van der Waals surface area contributed by atoms with Crippen molar-refractivity contribution in [2.24, 2.45) is 0 Å². The lowest BCUT2D eigenvalue weighted by Crippen LogP contribution is -2.18. The Morgan fingerprint density at radius 1 is 0.970 bits per heavy atom. The highest BCUT2D eigenvalue weighted by Gasteiger charge is 2.14. The maximum absolute atomic E-state index is 12.7. The first kappa shape index (κ1) is 24.4. The minimum atomic E-state index is -0.123. The number of fused-ring (bicyclic) bond motifs is 1. The van der Waals surface area contributed by atoms with Gasteiger partial charge in [0.05, 0.1) is 18.1 Å². The SMILES string of the molecule is COc1ccc(-c2nc3ccc(NC(=O)c4ccc(N5CCCC5)cc4)cc3[nH]2)cc1.Cl.Cl. The third-order valence-electron chi connectivity index (χ3n) is 5.70. The van der Waals surface area contributed by atoms with Crippen molar-refractivity contribution in [2.45, 2.75) is 12.8 Å². The molecule has 0 aliphatic carbocycles. The van der Waals surface area contributed by atoms with Gasteiger partial charge in [0.2, 0.25) is 0 Å². The van der Waals surface area contributed by atoms with Crippen LogP contribution in [0.2, 0.25) is 0 Å². The van der Waals surface area contributed by atoms with Crippen LogP contribution in [0.15, 0.2) is 66.7 Å². The molecule has 4 aromatic rings. The summed E-state index contributed by atoms with van der Waals surface area (Å²) in [4.78, 5) is 23.0. The number of aromatic nitrogens is 2. The largest absolute Gasteiger partial charge is 0.497 e. The Bertz CT molecular complexity index is 1220. The number of nitrogens with zero attached hydrogens (tertiary/aromatic N) is 2. The molecule has 5 rings (SSSR count). The number of benzene rings is 3. The number of methoxy groups -OCH3 is 1. The molecule has 1 fully saturated rings. The van der Waals surface area contributed by atoms with Gasteiger partial charge < -0.3 is 19.9 Å². The smallest absolute Gasteiger partial charge is 0.255 e. The number of anilines is 2. The summed E-state index contributed by atoms with van der Waals surface area (Å²) in [6.07, 6.45) is 2.47. The van der Waals surface area contributed by atoms with E-state index in [-0.39, 0.29) is 30.7 Å². The summed E-state index contributed by atoms with van der Waals surface area (Å²) < 4.78 is 5.21. The first-order valence-corrected chi connectivity index (χ1v) is 10.5. The molecule has 1 aliphatic heterocycles. The molecule has 172 valence electrons. The summed E-state index contributed by atoms with van der Waals surface area (Å²) in [5, 5.41) is 2.99. The van der Waals surface area contributed by atoms with E-state index in [1.165, 1.54) is 18.5 Å². The molecule has 1 saturated heterocycles. The van der Waals surface area contributed by atoms with Crippen molar-refractivity contribution in [2.75, 3.05) is 30.4 Å². The normalized spacial score (nSPS) is 12.7. The Hall–Kier alpha value is -3.22. The number of aromatic amines is 1. The molecular weight excluding hydrogens is 459 g/mol. The van der Waals surface area contributed by atoms with Gasteiger partial charge in [-0.25, -0.2) is 4.98 Å². The molecule has 0 saturated carbocycles. The third-order valence-corrected chi connectivity index (χ3v) is 5.70. The van der Waals surface area contributed by atoms with E-state index in [4.69, 9.17) is 4.74 Å². The minimum absolute atomic E-state index is 0. The van der Waals surface area contributed by atoms with E-state index < -0.39 is 0 Å². The monoisotopic (exact) mass is 484 g/mol. The Kier molecular flexibility index (Phi) is 7.84. The van der Waals surface area contributed by atoms with Crippen molar-refractivity contribution in [3.05, 3.63) is 72.3 Å². The van der Waals surface area contributed by atoms with E-state index in [0.717, 1.165) is 46.9 Å². The molecule has 1 amide bonds. The number of H-pyrrole nitrogens is 1. The van der Waals surface area contributed by atoms with Gasteiger partial charge in [0, 0.05) is 35.6 Å². The van der Waals surface area contributed by atoms with Crippen LogP contribution in [0.5, 0.6) is 5.75 Å². The van der Waals surface area contributed by atoms with Gasteiger partial charge in [-0.05, 0) is 79.6 Å². The second-order valence-electron chi connectivity index (χ2n) is 7.74. The van der Waals surface area contributed by atoms with Crippen LogP contribution in [-0.2, 0) is 0 Å². The Morgan fingerprint density at radius 2 is 1.67 bits per heavy atom. The zero-order chi connectivity index (χ0) is 21.2. The molecule has 8 heteroatoms. The summed E-state index contributed by atoms with van der Waals surface area (Å²) in [5.41, 5.74) is 5.24. The van der Waals surface area contributed by atoms with Crippen LogP contribution in [-0.4, -0.2) is 36.1 Å². The maximum atomic E-state index is 12.7. The van der Waals surface area contributed by atoms with Crippen LogP contribution in [0.3, 0.4) is 0 Å². The number of nitrogens with one attached hydrogen (secondary N) is 2. The molecule has 0 spiro atoms. The fraction of sp³-hybridized carbons (Fsp3) is 0.200. The van der Waals surface area contributed by atoms with Crippen LogP contribution in [0.25, 0.3) is 22.4 Å². The molecule has 2 N–H and O–H groups in total. The van der Waals surface area contributed by atoms with Gasteiger partial charge in [0.15, 0.2) is 0 Å². The number of imidazole rings is 1. The predicted octanol–water partition coefficient (Wildman–Crippen LogP) is 5.93. The Morgan fingerprint density at radius 3 is 2.33 bits per heavy atom.